The lowest BCUT2D eigenvalue weighted by molar-refractivity contribution is 0.0371. The van der Waals surface area contributed by atoms with Gasteiger partial charge in [0.25, 0.3) is 0 Å². The zero-order valence-corrected chi connectivity index (χ0v) is 11.1. The SMILES string of the molecule is CC1(C)CCC(O)(Cc2cn3ccsc3n2)C1. The van der Waals surface area contributed by atoms with Crippen LogP contribution < -0.4 is 0 Å². The minimum Gasteiger partial charge on any atom is -0.389 e. The van der Waals surface area contributed by atoms with E-state index in [-0.39, 0.29) is 5.41 Å². The predicted octanol–water partition coefficient (Wildman–Crippen LogP) is 2.88. The summed E-state index contributed by atoms with van der Waals surface area (Å²) in [5, 5.41) is 12.6. The van der Waals surface area contributed by atoms with Crippen molar-refractivity contribution in [2.75, 3.05) is 0 Å². The van der Waals surface area contributed by atoms with Gasteiger partial charge >= 0.3 is 0 Å². The number of aromatic nitrogens is 2. The fourth-order valence-corrected chi connectivity index (χ4v) is 3.71. The monoisotopic (exact) mass is 250 g/mol. The molecule has 3 nitrogen and oxygen atoms in total. The van der Waals surface area contributed by atoms with Gasteiger partial charge in [-0.3, -0.25) is 4.40 Å². The maximum absolute atomic E-state index is 10.6. The number of nitrogens with zero attached hydrogens (tertiary/aromatic N) is 2. The van der Waals surface area contributed by atoms with E-state index in [1.807, 2.05) is 22.2 Å². The summed E-state index contributed by atoms with van der Waals surface area (Å²) in [4.78, 5) is 5.57. The Balaban J connectivity index is 1.81. The highest BCUT2D eigenvalue weighted by Gasteiger charge is 2.42. The van der Waals surface area contributed by atoms with Crippen molar-refractivity contribution in [3.63, 3.8) is 0 Å². The number of aliphatic hydroxyl groups is 1. The van der Waals surface area contributed by atoms with E-state index in [2.05, 4.69) is 18.8 Å². The third-order valence-corrected chi connectivity index (χ3v) is 4.50. The second-order valence-corrected chi connectivity index (χ2v) is 6.94. The van der Waals surface area contributed by atoms with Gasteiger partial charge in [0.05, 0.1) is 11.3 Å². The smallest absolute Gasteiger partial charge is 0.193 e. The molecule has 0 aromatic carbocycles. The third kappa shape index (κ3) is 2.11. The van der Waals surface area contributed by atoms with Gasteiger partial charge in [-0.25, -0.2) is 4.98 Å². The van der Waals surface area contributed by atoms with Gasteiger partial charge in [-0.1, -0.05) is 13.8 Å². The van der Waals surface area contributed by atoms with Crippen LogP contribution in [0.3, 0.4) is 0 Å². The molecule has 1 saturated carbocycles. The molecule has 0 spiro atoms. The van der Waals surface area contributed by atoms with E-state index < -0.39 is 5.60 Å². The molecule has 0 radical (unpaired) electrons. The third-order valence-electron chi connectivity index (χ3n) is 3.73. The first-order valence-corrected chi connectivity index (χ1v) is 6.97. The lowest BCUT2D eigenvalue weighted by Crippen LogP contribution is -2.29. The maximum Gasteiger partial charge on any atom is 0.193 e. The predicted molar refractivity (Wildman–Crippen MR) is 69.4 cm³/mol. The van der Waals surface area contributed by atoms with E-state index in [1.165, 1.54) is 0 Å². The van der Waals surface area contributed by atoms with Gasteiger partial charge < -0.3 is 5.11 Å². The summed E-state index contributed by atoms with van der Waals surface area (Å²) in [5.74, 6) is 0. The molecule has 3 rings (SSSR count). The summed E-state index contributed by atoms with van der Waals surface area (Å²) in [7, 11) is 0. The van der Waals surface area contributed by atoms with Gasteiger partial charge in [0.1, 0.15) is 0 Å². The number of imidazole rings is 1. The largest absolute Gasteiger partial charge is 0.389 e. The van der Waals surface area contributed by atoms with Gasteiger partial charge in [0.2, 0.25) is 0 Å². The van der Waals surface area contributed by atoms with E-state index in [1.54, 1.807) is 11.3 Å². The van der Waals surface area contributed by atoms with Crippen LogP contribution in [0.5, 0.6) is 0 Å². The van der Waals surface area contributed by atoms with Crippen LogP contribution in [0.4, 0.5) is 0 Å². The molecule has 17 heavy (non-hydrogen) atoms. The van der Waals surface area contributed by atoms with Gasteiger partial charge in [0.15, 0.2) is 4.96 Å². The molecule has 0 bridgehead atoms. The van der Waals surface area contributed by atoms with Crippen molar-refractivity contribution in [1.29, 1.82) is 0 Å². The quantitative estimate of drug-likeness (QED) is 0.890. The minimum absolute atomic E-state index is 0.270. The second-order valence-electron chi connectivity index (χ2n) is 6.07. The fourth-order valence-electron chi connectivity index (χ4n) is 2.99. The second kappa shape index (κ2) is 3.56. The summed E-state index contributed by atoms with van der Waals surface area (Å²) in [6, 6.07) is 0. The minimum atomic E-state index is -0.548. The Morgan fingerprint density at radius 1 is 1.47 bits per heavy atom. The van der Waals surface area contributed by atoms with E-state index in [9.17, 15) is 5.11 Å². The molecule has 1 atom stereocenters. The normalized spacial score (nSPS) is 27.9. The van der Waals surface area contributed by atoms with E-state index >= 15 is 0 Å². The molecular weight excluding hydrogens is 232 g/mol. The first-order chi connectivity index (χ1) is 7.96. The molecule has 1 aliphatic rings. The summed E-state index contributed by atoms with van der Waals surface area (Å²) in [6.45, 7) is 4.47. The Morgan fingerprint density at radius 3 is 2.94 bits per heavy atom. The van der Waals surface area contributed by atoms with Crippen LogP contribution in [0.2, 0.25) is 0 Å². The number of hydrogen-bond donors (Lipinski definition) is 1. The zero-order chi connectivity index (χ0) is 12.1. The topological polar surface area (TPSA) is 37.5 Å². The van der Waals surface area contributed by atoms with Crippen LogP contribution in [0.1, 0.15) is 38.8 Å². The van der Waals surface area contributed by atoms with E-state index in [0.29, 0.717) is 6.42 Å². The highest BCUT2D eigenvalue weighted by atomic mass is 32.1. The maximum atomic E-state index is 10.6. The zero-order valence-electron chi connectivity index (χ0n) is 10.3. The molecule has 4 heteroatoms. The van der Waals surface area contributed by atoms with Crippen LogP contribution in [-0.2, 0) is 6.42 Å². The van der Waals surface area contributed by atoms with Crippen LogP contribution in [0, 0.1) is 5.41 Å². The molecular formula is C13H18N2OS. The summed E-state index contributed by atoms with van der Waals surface area (Å²) < 4.78 is 2.03. The summed E-state index contributed by atoms with van der Waals surface area (Å²) >= 11 is 1.63. The van der Waals surface area contributed by atoms with Gasteiger partial charge in [-0.15, -0.1) is 11.3 Å². The Kier molecular flexibility index (Phi) is 2.35. The van der Waals surface area contributed by atoms with Crippen LogP contribution in [0.25, 0.3) is 4.96 Å². The van der Waals surface area contributed by atoms with Crippen molar-refractivity contribution in [2.45, 2.75) is 45.1 Å². The Labute approximate surface area is 105 Å². The molecule has 1 fully saturated rings. The molecule has 0 saturated heterocycles. The summed E-state index contributed by atoms with van der Waals surface area (Å²) in [6.07, 6.45) is 7.61. The van der Waals surface area contributed by atoms with Gasteiger partial charge in [0, 0.05) is 24.2 Å². The van der Waals surface area contributed by atoms with Crippen molar-refractivity contribution in [3.05, 3.63) is 23.5 Å². The first-order valence-electron chi connectivity index (χ1n) is 6.09. The first kappa shape index (κ1) is 11.2. The molecule has 0 aliphatic heterocycles. The standard InChI is InChI=1S/C13H18N2OS/c1-12(2)3-4-13(16,9-12)7-10-8-15-5-6-17-11(15)14-10/h5-6,8,16H,3-4,7,9H2,1-2H3. The van der Waals surface area contributed by atoms with Crippen LogP contribution in [-0.4, -0.2) is 20.1 Å². The van der Waals surface area contributed by atoms with Gasteiger partial charge in [-0.2, -0.15) is 0 Å². The van der Waals surface area contributed by atoms with Crippen LogP contribution in [0.15, 0.2) is 17.8 Å². The molecule has 2 heterocycles. The Bertz CT molecular complexity index is 514. The molecule has 1 N–H and O–H groups in total. The molecule has 1 aliphatic carbocycles. The highest BCUT2D eigenvalue weighted by Crippen LogP contribution is 2.44. The molecule has 92 valence electrons. The van der Waals surface area contributed by atoms with Crippen molar-refractivity contribution >= 4 is 16.3 Å². The highest BCUT2D eigenvalue weighted by molar-refractivity contribution is 7.15. The lowest BCUT2D eigenvalue weighted by atomic mass is 9.87. The van der Waals surface area contributed by atoms with E-state index in [0.717, 1.165) is 29.9 Å². The number of thiazole rings is 1. The van der Waals surface area contributed by atoms with Gasteiger partial charge in [-0.05, 0) is 24.7 Å². The average molecular weight is 250 g/mol. The van der Waals surface area contributed by atoms with Crippen LogP contribution >= 0.6 is 11.3 Å². The lowest BCUT2D eigenvalue weighted by Gasteiger charge is -2.24. The summed E-state index contributed by atoms with van der Waals surface area (Å²) in [5.41, 5.74) is 0.733. The number of fused-ring (bicyclic) bond motifs is 1. The van der Waals surface area contributed by atoms with Crippen molar-refractivity contribution in [2.24, 2.45) is 5.41 Å². The number of rotatable bonds is 2. The Morgan fingerprint density at radius 2 is 2.29 bits per heavy atom. The van der Waals surface area contributed by atoms with Crippen molar-refractivity contribution in [1.82, 2.24) is 9.38 Å². The van der Waals surface area contributed by atoms with Crippen molar-refractivity contribution in [3.8, 4) is 0 Å². The van der Waals surface area contributed by atoms with E-state index in [4.69, 9.17) is 0 Å². The number of hydrogen-bond acceptors (Lipinski definition) is 3. The molecule has 1 unspecified atom stereocenters. The molecule has 2 aromatic heterocycles. The fraction of sp³-hybridized carbons (Fsp3) is 0.615. The Hall–Kier alpha value is -0.870. The molecule has 2 aromatic rings. The van der Waals surface area contributed by atoms with Crippen molar-refractivity contribution < 1.29 is 5.11 Å². The average Bonchev–Trinajstić information content (AvgIpc) is 2.79. The molecule has 0 amide bonds.